The van der Waals surface area contributed by atoms with Crippen LogP contribution in [-0.2, 0) is 0 Å². The average molecular weight is 246 g/mol. The number of hydrogen-bond acceptors (Lipinski definition) is 3. The Hall–Kier alpha value is -1.35. The molecule has 0 amide bonds. The summed E-state index contributed by atoms with van der Waals surface area (Å²) >= 11 is 0. The monoisotopic (exact) mass is 246 g/mol. The molecule has 0 aliphatic carbocycles. The average Bonchev–Trinajstić information content (AvgIpc) is 2.72. The first-order valence-electron chi connectivity index (χ1n) is 6.62. The van der Waals surface area contributed by atoms with Gasteiger partial charge < -0.3 is 9.64 Å². The predicted molar refractivity (Wildman–Crippen MR) is 74.6 cm³/mol. The summed E-state index contributed by atoms with van der Waals surface area (Å²) in [5.41, 5.74) is 1.11. The van der Waals surface area contributed by atoms with Crippen LogP contribution in [0.25, 0.3) is 6.08 Å². The molecule has 0 spiro atoms. The van der Waals surface area contributed by atoms with E-state index < -0.39 is 0 Å². The summed E-state index contributed by atoms with van der Waals surface area (Å²) < 4.78 is 5.64. The van der Waals surface area contributed by atoms with Crippen LogP contribution in [0, 0.1) is 5.92 Å². The zero-order valence-electron chi connectivity index (χ0n) is 11.5. The molecule has 1 aromatic heterocycles. The molecule has 1 aliphatic rings. The first kappa shape index (κ1) is 13.1. The minimum Gasteiger partial charge on any atom is -0.489 e. The molecular formula is C15H22N2O. The van der Waals surface area contributed by atoms with E-state index in [1.165, 1.54) is 13.0 Å². The van der Waals surface area contributed by atoms with Gasteiger partial charge in [-0.1, -0.05) is 12.2 Å². The van der Waals surface area contributed by atoms with Gasteiger partial charge in [-0.15, -0.1) is 0 Å². The first-order chi connectivity index (χ1) is 8.63. The number of hydrogen-bond donors (Lipinski definition) is 0. The van der Waals surface area contributed by atoms with Crippen molar-refractivity contribution in [3.63, 3.8) is 0 Å². The quantitative estimate of drug-likeness (QED) is 0.817. The molecule has 1 aliphatic heterocycles. The Bertz CT molecular complexity index is 415. The van der Waals surface area contributed by atoms with Crippen LogP contribution in [0.3, 0.4) is 0 Å². The van der Waals surface area contributed by atoms with Crippen molar-refractivity contribution in [1.82, 2.24) is 9.88 Å². The lowest BCUT2D eigenvalue weighted by molar-refractivity contribution is 0.241. The number of aromatic nitrogens is 1. The number of rotatable bonds is 4. The Morgan fingerprint density at radius 1 is 1.44 bits per heavy atom. The summed E-state index contributed by atoms with van der Waals surface area (Å²) in [5.74, 6) is 1.51. The van der Waals surface area contributed by atoms with Gasteiger partial charge in [-0.3, -0.25) is 4.98 Å². The number of pyridine rings is 1. The normalized spacial score (nSPS) is 21.0. The molecule has 3 heteroatoms. The Morgan fingerprint density at radius 3 is 2.94 bits per heavy atom. The van der Waals surface area contributed by atoms with Crippen molar-refractivity contribution in [2.45, 2.75) is 26.4 Å². The first-order valence-corrected chi connectivity index (χ1v) is 6.62. The van der Waals surface area contributed by atoms with Gasteiger partial charge in [0.2, 0.25) is 0 Å². The molecule has 2 rings (SSSR count). The highest BCUT2D eigenvalue weighted by atomic mass is 16.5. The van der Waals surface area contributed by atoms with E-state index in [-0.39, 0.29) is 6.10 Å². The van der Waals surface area contributed by atoms with Crippen molar-refractivity contribution in [3.8, 4) is 5.75 Å². The van der Waals surface area contributed by atoms with E-state index in [0.29, 0.717) is 5.92 Å². The summed E-state index contributed by atoms with van der Waals surface area (Å²) in [6.07, 6.45) is 9.53. The van der Waals surface area contributed by atoms with Crippen molar-refractivity contribution >= 4 is 6.08 Å². The summed E-state index contributed by atoms with van der Waals surface area (Å²) in [4.78, 5) is 6.58. The molecule has 3 nitrogen and oxygen atoms in total. The van der Waals surface area contributed by atoms with Crippen LogP contribution < -0.4 is 4.74 Å². The Balaban J connectivity index is 1.98. The number of ether oxygens (including phenoxy) is 1. The van der Waals surface area contributed by atoms with E-state index in [9.17, 15) is 0 Å². The smallest absolute Gasteiger partial charge is 0.138 e. The Kier molecular flexibility index (Phi) is 4.37. The van der Waals surface area contributed by atoms with E-state index in [4.69, 9.17) is 4.74 Å². The van der Waals surface area contributed by atoms with Crippen LogP contribution in [-0.4, -0.2) is 36.1 Å². The van der Waals surface area contributed by atoms with Crippen molar-refractivity contribution in [2.24, 2.45) is 5.92 Å². The molecule has 98 valence electrons. The largest absolute Gasteiger partial charge is 0.489 e. The zero-order chi connectivity index (χ0) is 13.0. The van der Waals surface area contributed by atoms with E-state index in [2.05, 4.69) is 29.1 Å². The Morgan fingerprint density at radius 2 is 2.28 bits per heavy atom. The van der Waals surface area contributed by atoms with Crippen molar-refractivity contribution in [3.05, 3.63) is 30.1 Å². The predicted octanol–water partition coefficient (Wildman–Crippen LogP) is 2.83. The fraction of sp³-hybridized carbons (Fsp3) is 0.533. The van der Waals surface area contributed by atoms with Crippen LogP contribution >= 0.6 is 0 Å². The summed E-state index contributed by atoms with van der Waals surface area (Å²) in [6.45, 7) is 6.41. The highest BCUT2D eigenvalue weighted by Gasteiger charge is 2.16. The topological polar surface area (TPSA) is 25.4 Å². The second-order valence-electron chi connectivity index (χ2n) is 5.29. The number of likely N-dealkylation sites (tertiary alicyclic amines) is 1. The SMILES string of the molecule is CC(C)Oc1cncc(C=C[C@@H]2CCN(C)C2)c1. The molecule has 18 heavy (non-hydrogen) atoms. The van der Waals surface area contributed by atoms with Gasteiger partial charge in [0.15, 0.2) is 0 Å². The summed E-state index contributed by atoms with van der Waals surface area (Å²) in [5, 5.41) is 0. The molecule has 1 atom stereocenters. The highest BCUT2D eigenvalue weighted by Crippen LogP contribution is 2.18. The van der Waals surface area contributed by atoms with Crippen LogP contribution in [0.5, 0.6) is 5.75 Å². The molecule has 0 saturated carbocycles. The van der Waals surface area contributed by atoms with Crippen molar-refractivity contribution in [1.29, 1.82) is 0 Å². The molecule has 0 N–H and O–H groups in total. The van der Waals surface area contributed by atoms with Gasteiger partial charge in [-0.2, -0.15) is 0 Å². The summed E-state index contributed by atoms with van der Waals surface area (Å²) in [6, 6.07) is 2.04. The Labute approximate surface area is 109 Å². The van der Waals surface area contributed by atoms with E-state index in [0.717, 1.165) is 17.9 Å². The highest BCUT2D eigenvalue weighted by molar-refractivity contribution is 5.50. The van der Waals surface area contributed by atoms with E-state index >= 15 is 0 Å². The fourth-order valence-electron chi connectivity index (χ4n) is 2.24. The van der Waals surface area contributed by atoms with Gasteiger partial charge in [0.05, 0.1) is 12.3 Å². The lowest BCUT2D eigenvalue weighted by atomic mass is 10.1. The maximum atomic E-state index is 5.64. The summed E-state index contributed by atoms with van der Waals surface area (Å²) in [7, 11) is 2.17. The van der Waals surface area contributed by atoms with Crippen LogP contribution in [0.15, 0.2) is 24.5 Å². The molecule has 0 radical (unpaired) electrons. The molecule has 0 bridgehead atoms. The van der Waals surface area contributed by atoms with Crippen LogP contribution in [0.4, 0.5) is 0 Å². The van der Waals surface area contributed by atoms with Gasteiger partial charge in [0.25, 0.3) is 0 Å². The van der Waals surface area contributed by atoms with Gasteiger partial charge in [-0.25, -0.2) is 0 Å². The minimum absolute atomic E-state index is 0.189. The van der Waals surface area contributed by atoms with E-state index in [1.807, 2.05) is 26.1 Å². The second kappa shape index (κ2) is 6.01. The van der Waals surface area contributed by atoms with Gasteiger partial charge in [-0.05, 0) is 51.4 Å². The fourth-order valence-corrected chi connectivity index (χ4v) is 2.24. The molecule has 1 saturated heterocycles. The maximum Gasteiger partial charge on any atom is 0.138 e. The molecular weight excluding hydrogens is 224 g/mol. The third-order valence-corrected chi connectivity index (χ3v) is 3.09. The third-order valence-electron chi connectivity index (χ3n) is 3.09. The lowest BCUT2D eigenvalue weighted by Crippen LogP contribution is -2.13. The van der Waals surface area contributed by atoms with Crippen LogP contribution in [0.2, 0.25) is 0 Å². The molecule has 0 aromatic carbocycles. The van der Waals surface area contributed by atoms with Gasteiger partial charge in [0, 0.05) is 12.7 Å². The molecule has 1 aromatic rings. The van der Waals surface area contributed by atoms with Gasteiger partial charge >= 0.3 is 0 Å². The lowest BCUT2D eigenvalue weighted by Gasteiger charge is -2.09. The molecule has 0 unspecified atom stereocenters. The number of nitrogens with zero attached hydrogens (tertiary/aromatic N) is 2. The van der Waals surface area contributed by atoms with Gasteiger partial charge in [0.1, 0.15) is 5.75 Å². The standard InChI is InChI=1S/C15H22N2O/c1-12(2)18-15-8-14(9-16-10-15)5-4-13-6-7-17(3)11-13/h4-5,8-10,12-13H,6-7,11H2,1-3H3/t13-/m1/s1. The minimum atomic E-state index is 0.189. The third kappa shape index (κ3) is 3.84. The zero-order valence-corrected chi connectivity index (χ0v) is 11.5. The molecule has 1 fully saturated rings. The van der Waals surface area contributed by atoms with Crippen molar-refractivity contribution < 1.29 is 4.74 Å². The second-order valence-corrected chi connectivity index (χ2v) is 5.29. The molecule has 2 heterocycles. The van der Waals surface area contributed by atoms with Crippen LogP contribution in [0.1, 0.15) is 25.8 Å². The van der Waals surface area contributed by atoms with Crippen molar-refractivity contribution in [2.75, 3.05) is 20.1 Å². The maximum absolute atomic E-state index is 5.64. The van der Waals surface area contributed by atoms with E-state index in [1.54, 1.807) is 6.20 Å².